The molecule has 4 heterocycles. The molecule has 4 rings (SSSR count). The van der Waals surface area contributed by atoms with Crippen LogP contribution in [0.15, 0.2) is 30.6 Å². The van der Waals surface area contributed by atoms with Crippen LogP contribution in [-0.4, -0.2) is 61.6 Å². The number of nitrogens with one attached hydrogen (secondary N) is 3. The summed E-state index contributed by atoms with van der Waals surface area (Å²) in [5.41, 5.74) is 7.65. The molecule has 2 bridgehead atoms. The van der Waals surface area contributed by atoms with Gasteiger partial charge in [0, 0.05) is 29.6 Å². The van der Waals surface area contributed by atoms with E-state index >= 15 is 0 Å². The van der Waals surface area contributed by atoms with Crippen LogP contribution in [0.3, 0.4) is 0 Å². The molecule has 0 aliphatic carbocycles. The minimum atomic E-state index is -0.781. The Balaban J connectivity index is 1.79. The van der Waals surface area contributed by atoms with Gasteiger partial charge in [0.1, 0.15) is 34.8 Å². The molecule has 0 saturated heterocycles. The van der Waals surface area contributed by atoms with Crippen LogP contribution < -0.4 is 10.8 Å². The molecule has 1 amide bonds. The number of anilines is 2. The van der Waals surface area contributed by atoms with Crippen LogP contribution in [0.1, 0.15) is 63.0 Å². The molecule has 2 atom stereocenters. The first-order chi connectivity index (χ1) is 18.8. The Kier molecular flexibility index (Phi) is 8.02. The van der Waals surface area contributed by atoms with Crippen LogP contribution >= 0.6 is 0 Å². The van der Waals surface area contributed by atoms with Crippen molar-refractivity contribution in [1.82, 2.24) is 24.8 Å². The predicted octanol–water partition coefficient (Wildman–Crippen LogP) is 4.69. The molecule has 3 aromatic rings. The fraction of sp³-hybridized carbons (Fsp3) is 0.379. The first-order valence-corrected chi connectivity index (χ1v) is 12.8. The number of carbonyl (C=O) groups excluding carboxylic acids is 1. The number of aryl methyl sites for hydroxylation is 2. The Morgan fingerprint density at radius 1 is 1.12 bits per heavy atom. The molecule has 40 heavy (non-hydrogen) atoms. The minimum Gasteiger partial charge on any atom is -0.444 e. The summed E-state index contributed by atoms with van der Waals surface area (Å²) in [5.74, 6) is 6.80. The molecule has 3 N–H and O–H groups in total. The average molecular weight is 543 g/mol. The van der Waals surface area contributed by atoms with Crippen molar-refractivity contribution >= 4 is 23.3 Å². The number of likely N-dealkylation sites (N-methyl/N-ethyl adjacent to an activating group) is 1. The minimum absolute atomic E-state index is 0.232. The van der Waals surface area contributed by atoms with Crippen molar-refractivity contribution in [3.8, 4) is 23.1 Å². The molecule has 0 aromatic carbocycles. The van der Waals surface area contributed by atoms with Gasteiger partial charge in [0.2, 0.25) is 0 Å². The van der Waals surface area contributed by atoms with Crippen LogP contribution in [0, 0.1) is 31.1 Å². The normalized spacial score (nSPS) is 14.9. The quantitative estimate of drug-likeness (QED) is 0.318. The van der Waals surface area contributed by atoms with Crippen molar-refractivity contribution in [2.24, 2.45) is 0 Å². The van der Waals surface area contributed by atoms with Crippen LogP contribution in [-0.2, 0) is 9.57 Å². The largest absolute Gasteiger partial charge is 0.444 e. The topological polar surface area (TPSA) is 138 Å². The number of hydrogen-bond donors (Lipinski definition) is 3. The zero-order valence-corrected chi connectivity index (χ0v) is 24.0. The zero-order chi connectivity index (χ0) is 29.2. The van der Waals surface area contributed by atoms with Crippen molar-refractivity contribution in [2.45, 2.75) is 66.3 Å². The zero-order valence-electron chi connectivity index (χ0n) is 24.0. The van der Waals surface area contributed by atoms with Crippen molar-refractivity contribution in [3.05, 3.63) is 58.9 Å². The van der Waals surface area contributed by atoms with Crippen molar-refractivity contribution in [3.63, 3.8) is 0 Å². The summed E-state index contributed by atoms with van der Waals surface area (Å²) in [6, 6.07) is 6.97. The van der Waals surface area contributed by atoms with Gasteiger partial charge in [-0.1, -0.05) is 5.92 Å². The van der Waals surface area contributed by atoms with Gasteiger partial charge in [-0.05, 0) is 78.7 Å². The summed E-state index contributed by atoms with van der Waals surface area (Å²) < 4.78 is 5.55. The number of carbonyl (C=O) groups is 1. The standard InChI is InChI=1S/C29H34N8O3/c1-16-11-20(12-17(2)33-16)9-10-22-13-21-14-23(34-22)35-27(19(4)37(8)28(38)39-29(5,6)7)40-36-26-24(18(3)30)31-15-32-25(21)26/h11-15,19,27,30,36H,1-8H3,(H,34,35). The number of hydrogen-bond acceptors (Lipinski definition) is 10. The lowest BCUT2D eigenvalue weighted by atomic mass is 10.1. The Morgan fingerprint density at radius 2 is 1.82 bits per heavy atom. The van der Waals surface area contributed by atoms with Crippen LogP contribution in [0.5, 0.6) is 0 Å². The monoisotopic (exact) mass is 542 g/mol. The highest BCUT2D eigenvalue weighted by molar-refractivity contribution is 6.02. The van der Waals surface area contributed by atoms with E-state index in [2.05, 4.69) is 37.6 Å². The summed E-state index contributed by atoms with van der Waals surface area (Å²) in [4.78, 5) is 38.2. The van der Waals surface area contributed by atoms with Crippen molar-refractivity contribution < 1.29 is 14.4 Å². The summed E-state index contributed by atoms with van der Waals surface area (Å²) in [7, 11) is 1.64. The first-order valence-electron chi connectivity index (χ1n) is 12.8. The maximum absolute atomic E-state index is 12.8. The lowest BCUT2D eigenvalue weighted by Crippen LogP contribution is -2.49. The second-order valence-corrected chi connectivity index (χ2v) is 10.7. The highest BCUT2D eigenvalue weighted by Gasteiger charge is 2.31. The Hall–Kier alpha value is -4.56. The number of fused-ring (bicyclic) bond motifs is 4. The van der Waals surface area contributed by atoms with E-state index in [1.54, 1.807) is 14.0 Å². The summed E-state index contributed by atoms with van der Waals surface area (Å²) in [6.45, 7) is 12.7. The average Bonchev–Trinajstić information content (AvgIpc) is 2.91. The van der Waals surface area contributed by atoms with E-state index in [4.69, 9.17) is 20.0 Å². The molecule has 2 unspecified atom stereocenters. The molecule has 0 fully saturated rings. The van der Waals surface area contributed by atoms with Crippen LogP contribution in [0.2, 0.25) is 0 Å². The fourth-order valence-electron chi connectivity index (χ4n) is 4.05. The number of rotatable bonds is 3. The van der Waals surface area contributed by atoms with Gasteiger partial charge in [-0.25, -0.2) is 24.6 Å². The Labute approximate surface area is 234 Å². The second-order valence-electron chi connectivity index (χ2n) is 10.7. The highest BCUT2D eigenvalue weighted by Crippen LogP contribution is 2.32. The van der Waals surface area contributed by atoms with E-state index < -0.39 is 24.0 Å². The van der Waals surface area contributed by atoms with E-state index in [1.165, 1.54) is 11.2 Å². The third-order valence-electron chi connectivity index (χ3n) is 6.03. The molecule has 0 spiro atoms. The number of amides is 1. The predicted molar refractivity (Wildman–Crippen MR) is 153 cm³/mol. The molecule has 3 aromatic heterocycles. The number of nitrogens with zero attached hydrogens (tertiary/aromatic N) is 5. The highest BCUT2D eigenvalue weighted by atomic mass is 16.7. The van der Waals surface area contributed by atoms with Crippen molar-refractivity contribution in [1.29, 1.82) is 5.41 Å². The number of pyridine rings is 2. The SMILES string of the molecule is CC(=N)c1ncnc2c1NOC(C(C)N(C)C(=O)OC(C)(C)C)Nc1cc-2cc(C#Cc2cc(C)nc(C)c2)n1. The molecule has 0 radical (unpaired) electrons. The third-order valence-corrected chi connectivity index (χ3v) is 6.03. The maximum Gasteiger partial charge on any atom is 0.410 e. The molecule has 208 valence electrons. The molecule has 11 nitrogen and oxygen atoms in total. The van der Waals surface area contributed by atoms with Crippen LogP contribution in [0.4, 0.5) is 16.3 Å². The summed E-state index contributed by atoms with van der Waals surface area (Å²) >= 11 is 0. The van der Waals surface area contributed by atoms with Gasteiger partial charge in [-0.3, -0.25) is 10.5 Å². The molecule has 11 heteroatoms. The first kappa shape index (κ1) is 28.4. The Morgan fingerprint density at radius 3 is 2.48 bits per heavy atom. The second kappa shape index (κ2) is 11.3. The lowest BCUT2D eigenvalue weighted by Gasteiger charge is -2.33. The van der Waals surface area contributed by atoms with E-state index in [-0.39, 0.29) is 5.71 Å². The number of aromatic nitrogens is 4. The van der Waals surface area contributed by atoms with Gasteiger partial charge in [-0.15, -0.1) is 0 Å². The van der Waals surface area contributed by atoms with Gasteiger partial charge < -0.3 is 20.4 Å². The summed E-state index contributed by atoms with van der Waals surface area (Å²) in [5, 5.41) is 11.5. The van der Waals surface area contributed by atoms with Gasteiger partial charge in [0.15, 0.2) is 6.23 Å². The van der Waals surface area contributed by atoms with E-state index in [0.29, 0.717) is 34.2 Å². The van der Waals surface area contributed by atoms with Gasteiger partial charge >= 0.3 is 6.09 Å². The van der Waals surface area contributed by atoms with Gasteiger partial charge in [0.25, 0.3) is 0 Å². The van der Waals surface area contributed by atoms with E-state index in [1.807, 2.05) is 65.8 Å². The van der Waals surface area contributed by atoms with Gasteiger partial charge in [-0.2, -0.15) is 0 Å². The Bertz CT molecular complexity index is 1500. The lowest BCUT2D eigenvalue weighted by molar-refractivity contribution is 0.00111. The molecule has 0 saturated carbocycles. The van der Waals surface area contributed by atoms with Crippen LogP contribution in [0.25, 0.3) is 11.3 Å². The van der Waals surface area contributed by atoms with Crippen molar-refractivity contribution in [2.75, 3.05) is 17.8 Å². The maximum atomic E-state index is 12.8. The fourth-order valence-corrected chi connectivity index (χ4v) is 4.05. The number of ether oxygens (including phenoxy) is 1. The smallest absolute Gasteiger partial charge is 0.410 e. The van der Waals surface area contributed by atoms with E-state index in [9.17, 15) is 4.79 Å². The third kappa shape index (κ3) is 6.71. The molecular formula is C29H34N8O3. The molecule has 1 aliphatic heterocycles. The van der Waals surface area contributed by atoms with E-state index in [0.717, 1.165) is 17.0 Å². The van der Waals surface area contributed by atoms with Gasteiger partial charge in [0.05, 0.1) is 17.4 Å². The summed E-state index contributed by atoms with van der Waals surface area (Å²) in [6.07, 6.45) is 0.127. The molecular weight excluding hydrogens is 508 g/mol. The molecule has 1 aliphatic rings.